The second-order valence-corrected chi connectivity index (χ2v) is 8.29. The molecule has 1 unspecified atom stereocenters. The number of sulfone groups is 1. The van der Waals surface area contributed by atoms with Gasteiger partial charge in [-0.2, -0.15) is 13.2 Å². The van der Waals surface area contributed by atoms with Gasteiger partial charge in [0, 0.05) is 18.8 Å². The molecule has 0 spiro atoms. The number of likely N-dealkylation sites (tertiary alicyclic amines) is 1. The molecule has 1 heterocycles. The predicted octanol–water partition coefficient (Wildman–Crippen LogP) is 3.33. The van der Waals surface area contributed by atoms with Gasteiger partial charge in [0.15, 0.2) is 0 Å². The molecule has 0 radical (unpaired) electrons. The molecule has 1 atom stereocenters. The molecule has 150 valence electrons. The van der Waals surface area contributed by atoms with E-state index in [2.05, 4.69) is 5.32 Å². The average Bonchev–Trinajstić information content (AvgIpc) is 2.96. The minimum absolute atomic E-state index is 0.198. The van der Waals surface area contributed by atoms with E-state index in [0.29, 0.717) is 25.2 Å². The minimum atomic E-state index is -5.41. The molecule has 3 rings (SSSR count). The van der Waals surface area contributed by atoms with Crippen LogP contribution < -0.4 is 5.32 Å². The Bertz CT molecular complexity index is 958. The van der Waals surface area contributed by atoms with E-state index >= 15 is 0 Å². The second kappa shape index (κ2) is 7.42. The number of hydrogen-bond acceptors (Lipinski definition) is 4. The van der Waals surface area contributed by atoms with E-state index < -0.39 is 26.3 Å². The molecule has 1 aliphatic heterocycles. The number of amides is 1. The summed E-state index contributed by atoms with van der Waals surface area (Å²) in [5.41, 5.74) is -4.26. The first-order valence-electron chi connectivity index (χ1n) is 8.29. The average molecular weight is 416 g/mol. The van der Waals surface area contributed by atoms with Gasteiger partial charge in [-0.3, -0.25) is 4.79 Å². The number of carbonyl (C=O) groups excluding carboxylic acids is 1. The van der Waals surface area contributed by atoms with E-state index in [1.807, 2.05) is 0 Å². The van der Waals surface area contributed by atoms with Crippen LogP contribution in [0.25, 0.3) is 0 Å². The van der Waals surface area contributed by atoms with Crippen LogP contribution in [0.15, 0.2) is 53.4 Å². The zero-order chi connectivity index (χ0) is 20.5. The van der Waals surface area contributed by atoms with Gasteiger partial charge in [-0.15, -0.1) is 0 Å². The first kappa shape index (κ1) is 20.1. The van der Waals surface area contributed by atoms with Gasteiger partial charge in [-0.1, -0.05) is 12.1 Å². The van der Waals surface area contributed by atoms with Crippen LogP contribution >= 0.6 is 0 Å². The number of rotatable bonds is 5. The summed E-state index contributed by atoms with van der Waals surface area (Å²) in [5, 5.41) is 2.91. The van der Waals surface area contributed by atoms with Gasteiger partial charge in [-0.25, -0.2) is 12.8 Å². The fraction of sp³-hybridized carbons (Fsp3) is 0.278. The summed E-state index contributed by atoms with van der Waals surface area (Å²) < 4.78 is 73.4. The number of hydrogen-bond donors (Lipinski definition) is 1. The normalized spacial score (nSPS) is 17.8. The molecule has 2 aromatic carbocycles. The van der Waals surface area contributed by atoms with Crippen molar-refractivity contribution in [3.05, 3.63) is 59.9 Å². The summed E-state index contributed by atoms with van der Waals surface area (Å²) in [6.45, 7) is 0.786. The Hall–Kier alpha value is -2.62. The quantitative estimate of drug-likeness (QED) is 0.760. The highest BCUT2D eigenvalue weighted by Gasteiger charge is 2.46. The fourth-order valence-electron chi connectivity index (χ4n) is 2.91. The van der Waals surface area contributed by atoms with Crippen molar-refractivity contribution in [2.75, 3.05) is 11.9 Å². The van der Waals surface area contributed by atoms with Crippen molar-refractivity contribution in [1.82, 2.24) is 4.90 Å². The number of carbonyl (C=O) groups is 1. The molecule has 1 aliphatic rings. The van der Waals surface area contributed by atoms with Crippen LogP contribution in [0, 0.1) is 5.82 Å². The summed E-state index contributed by atoms with van der Waals surface area (Å²) in [6.07, 6.45) is 0.475. The van der Waals surface area contributed by atoms with Crippen molar-refractivity contribution >= 4 is 21.4 Å². The predicted molar refractivity (Wildman–Crippen MR) is 93.5 cm³/mol. The van der Waals surface area contributed by atoms with Crippen molar-refractivity contribution in [3.63, 3.8) is 0 Å². The molecule has 1 amide bonds. The maximum Gasteiger partial charge on any atom is 0.501 e. The highest BCUT2D eigenvalue weighted by molar-refractivity contribution is 7.92. The Morgan fingerprint density at radius 2 is 1.64 bits per heavy atom. The lowest BCUT2D eigenvalue weighted by Crippen LogP contribution is -2.33. The van der Waals surface area contributed by atoms with Gasteiger partial charge in [0.25, 0.3) is 9.84 Å². The maximum atomic E-state index is 13.0. The molecule has 1 saturated heterocycles. The number of halogens is 4. The highest BCUT2D eigenvalue weighted by atomic mass is 32.2. The number of alkyl halides is 3. The summed E-state index contributed by atoms with van der Waals surface area (Å²) in [7, 11) is -5.41. The molecule has 1 fully saturated rings. The van der Waals surface area contributed by atoms with Gasteiger partial charge >= 0.3 is 5.51 Å². The lowest BCUT2D eigenvalue weighted by molar-refractivity contribution is -0.128. The molecule has 1 N–H and O–H groups in total. The third-order valence-corrected chi connectivity index (χ3v) is 5.90. The van der Waals surface area contributed by atoms with Crippen LogP contribution in [0.2, 0.25) is 0 Å². The summed E-state index contributed by atoms with van der Waals surface area (Å²) in [5.74, 6) is -0.566. The van der Waals surface area contributed by atoms with Crippen molar-refractivity contribution in [2.45, 2.75) is 29.4 Å². The van der Waals surface area contributed by atoms with Crippen LogP contribution in [0.4, 0.5) is 23.2 Å². The fourth-order valence-corrected chi connectivity index (χ4v) is 3.67. The Balaban J connectivity index is 1.64. The standard InChI is InChI=1S/C18H16F4N2O3S/c19-13-3-1-12(2-4-13)11-24-10-9-16(17(24)25)23-14-5-7-15(8-6-14)28(26,27)18(20,21)22/h1-8,16,23H,9-11H2. The lowest BCUT2D eigenvalue weighted by atomic mass is 10.2. The SMILES string of the molecule is O=C1C(Nc2ccc(S(=O)(=O)C(F)(F)F)cc2)CCN1Cc1ccc(F)cc1. The van der Waals surface area contributed by atoms with Crippen LogP contribution in [0.5, 0.6) is 0 Å². The molecular weight excluding hydrogens is 400 g/mol. The molecule has 0 aromatic heterocycles. The van der Waals surface area contributed by atoms with Crippen molar-refractivity contribution in [3.8, 4) is 0 Å². The van der Waals surface area contributed by atoms with E-state index in [4.69, 9.17) is 0 Å². The molecule has 0 saturated carbocycles. The second-order valence-electron chi connectivity index (χ2n) is 6.35. The van der Waals surface area contributed by atoms with Gasteiger partial charge in [0.1, 0.15) is 11.9 Å². The highest BCUT2D eigenvalue weighted by Crippen LogP contribution is 2.31. The summed E-state index contributed by atoms with van der Waals surface area (Å²) >= 11 is 0. The van der Waals surface area contributed by atoms with Crippen LogP contribution in [-0.4, -0.2) is 37.3 Å². The number of nitrogens with one attached hydrogen (secondary N) is 1. The van der Waals surface area contributed by atoms with Gasteiger partial charge in [0.2, 0.25) is 5.91 Å². The van der Waals surface area contributed by atoms with Crippen LogP contribution in [0.1, 0.15) is 12.0 Å². The zero-order valence-corrected chi connectivity index (χ0v) is 15.2. The van der Waals surface area contributed by atoms with Crippen LogP contribution in [-0.2, 0) is 21.2 Å². The third kappa shape index (κ3) is 4.11. The Kier molecular flexibility index (Phi) is 5.33. The maximum absolute atomic E-state index is 13.0. The molecular formula is C18H16F4N2O3S. The Morgan fingerprint density at radius 1 is 1.04 bits per heavy atom. The molecule has 0 aliphatic carbocycles. The third-order valence-electron chi connectivity index (χ3n) is 4.39. The number of benzene rings is 2. The molecule has 28 heavy (non-hydrogen) atoms. The van der Waals surface area contributed by atoms with E-state index in [-0.39, 0.29) is 11.7 Å². The molecule has 2 aromatic rings. The Morgan fingerprint density at radius 3 is 2.21 bits per heavy atom. The number of anilines is 1. The summed E-state index contributed by atoms with van der Waals surface area (Å²) in [4.78, 5) is 13.2. The van der Waals surface area contributed by atoms with Crippen molar-refractivity contribution < 1.29 is 30.8 Å². The first-order chi connectivity index (χ1) is 13.1. The van der Waals surface area contributed by atoms with Crippen molar-refractivity contribution in [1.29, 1.82) is 0 Å². The zero-order valence-electron chi connectivity index (χ0n) is 14.4. The molecule has 0 bridgehead atoms. The number of nitrogens with zero attached hydrogens (tertiary/aromatic N) is 1. The monoisotopic (exact) mass is 416 g/mol. The topological polar surface area (TPSA) is 66.5 Å². The van der Waals surface area contributed by atoms with E-state index in [1.165, 1.54) is 24.3 Å². The minimum Gasteiger partial charge on any atom is -0.374 e. The van der Waals surface area contributed by atoms with Gasteiger partial charge in [-0.05, 0) is 48.4 Å². The smallest absolute Gasteiger partial charge is 0.374 e. The molecule has 10 heteroatoms. The largest absolute Gasteiger partial charge is 0.501 e. The van der Waals surface area contributed by atoms with E-state index in [1.54, 1.807) is 17.0 Å². The molecule has 5 nitrogen and oxygen atoms in total. The Labute approximate surface area is 158 Å². The first-order valence-corrected chi connectivity index (χ1v) is 9.77. The van der Waals surface area contributed by atoms with Crippen molar-refractivity contribution in [2.24, 2.45) is 0 Å². The van der Waals surface area contributed by atoms with E-state index in [0.717, 1.165) is 17.7 Å². The van der Waals surface area contributed by atoms with Gasteiger partial charge in [0.05, 0.1) is 4.90 Å². The van der Waals surface area contributed by atoms with E-state index in [9.17, 15) is 30.8 Å². The lowest BCUT2D eigenvalue weighted by Gasteiger charge is -2.18. The van der Waals surface area contributed by atoms with Gasteiger partial charge < -0.3 is 10.2 Å². The summed E-state index contributed by atoms with van der Waals surface area (Å²) in [6, 6.07) is 9.28. The van der Waals surface area contributed by atoms with Crippen LogP contribution in [0.3, 0.4) is 0 Å².